The van der Waals surface area contributed by atoms with Crippen LogP contribution in [-0.2, 0) is 0 Å². The molecule has 2 aliphatic heterocycles. The number of Topliss-reactive ketones (excluding diaryl/α,β-unsaturated/α-hetero) is 1. The zero-order valence-corrected chi connectivity index (χ0v) is 15.6. The lowest BCUT2D eigenvalue weighted by Gasteiger charge is -2.19. The zero-order chi connectivity index (χ0) is 18.6. The van der Waals surface area contributed by atoms with Crippen molar-refractivity contribution in [2.75, 3.05) is 40.0 Å². The molecular formula is C22H25NO4. The summed E-state index contributed by atoms with van der Waals surface area (Å²) in [4.78, 5) is 15.0. The van der Waals surface area contributed by atoms with E-state index in [0.29, 0.717) is 36.9 Å². The number of ketones is 1. The van der Waals surface area contributed by atoms with E-state index in [1.165, 1.54) is 5.56 Å². The van der Waals surface area contributed by atoms with Crippen molar-refractivity contribution in [1.29, 1.82) is 0 Å². The minimum Gasteiger partial charge on any atom is -0.497 e. The molecule has 0 aromatic heterocycles. The maximum atomic E-state index is 12.6. The molecule has 2 aromatic carbocycles. The van der Waals surface area contributed by atoms with Crippen LogP contribution < -0.4 is 14.2 Å². The number of carbonyl (C=O) groups excluding carboxylic acids is 1. The Hall–Kier alpha value is -2.53. The molecule has 5 heteroatoms. The van der Waals surface area contributed by atoms with Gasteiger partial charge in [-0.1, -0.05) is 12.1 Å². The van der Waals surface area contributed by atoms with E-state index in [4.69, 9.17) is 14.2 Å². The SMILES string of the molecule is COc1ccc(C2CCN(CCC(=O)c3ccc4c(c3)OCCO4)C2)cc1. The Bertz CT molecular complexity index is 802. The summed E-state index contributed by atoms with van der Waals surface area (Å²) in [6.45, 7) is 3.92. The molecule has 1 saturated heterocycles. The van der Waals surface area contributed by atoms with Crippen molar-refractivity contribution in [1.82, 2.24) is 4.90 Å². The average molecular weight is 367 g/mol. The monoisotopic (exact) mass is 367 g/mol. The van der Waals surface area contributed by atoms with Crippen LogP contribution in [0.25, 0.3) is 0 Å². The third kappa shape index (κ3) is 4.08. The van der Waals surface area contributed by atoms with Gasteiger partial charge in [-0.2, -0.15) is 0 Å². The number of fused-ring (bicyclic) bond motifs is 1. The van der Waals surface area contributed by atoms with Crippen LogP contribution in [0.5, 0.6) is 17.2 Å². The predicted molar refractivity (Wildman–Crippen MR) is 103 cm³/mol. The van der Waals surface area contributed by atoms with Crippen molar-refractivity contribution >= 4 is 5.78 Å². The van der Waals surface area contributed by atoms with Crippen LogP contribution in [-0.4, -0.2) is 50.6 Å². The van der Waals surface area contributed by atoms with Crippen LogP contribution in [0.15, 0.2) is 42.5 Å². The Labute approximate surface area is 159 Å². The van der Waals surface area contributed by atoms with Gasteiger partial charge in [0.1, 0.15) is 19.0 Å². The molecule has 27 heavy (non-hydrogen) atoms. The van der Waals surface area contributed by atoms with Crippen LogP contribution >= 0.6 is 0 Å². The van der Waals surface area contributed by atoms with E-state index in [2.05, 4.69) is 17.0 Å². The summed E-state index contributed by atoms with van der Waals surface area (Å²) in [6, 6.07) is 13.8. The summed E-state index contributed by atoms with van der Waals surface area (Å²) < 4.78 is 16.3. The molecule has 0 saturated carbocycles. The highest BCUT2D eigenvalue weighted by atomic mass is 16.6. The molecule has 2 aromatic rings. The maximum Gasteiger partial charge on any atom is 0.164 e. The Kier molecular flexibility index (Phi) is 5.30. The van der Waals surface area contributed by atoms with Gasteiger partial charge < -0.3 is 19.1 Å². The van der Waals surface area contributed by atoms with Gasteiger partial charge >= 0.3 is 0 Å². The molecule has 142 valence electrons. The number of likely N-dealkylation sites (tertiary alicyclic amines) is 1. The molecule has 0 aliphatic carbocycles. The van der Waals surface area contributed by atoms with Gasteiger partial charge in [-0.15, -0.1) is 0 Å². The molecule has 0 spiro atoms. The van der Waals surface area contributed by atoms with Gasteiger partial charge in [0.05, 0.1) is 7.11 Å². The first kappa shape index (κ1) is 17.9. The number of methoxy groups -OCH3 is 1. The molecule has 5 nitrogen and oxygen atoms in total. The van der Waals surface area contributed by atoms with Gasteiger partial charge in [0.25, 0.3) is 0 Å². The molecule has 0 N–H and O–H groups in total. The predicted octanol–water partition coefficient (Wildman–Crippen LogP) is 3.53. The lowest BCUT2D eigenvalue weighted by Crippen LogP contribution is -2.23. The minimum absolute atomic E-state index is 0.153. The summed E-state index contributed by atoms with van der Waals surface area (Å²) in [7, 11) is 1.69. The Morgan fingerprint density at radius 3 is 2.67 bits per heavy atom. The van der Waals surface area contributed by atoms with E-state index in [9.17, 15) is 4.79 Å². The standard InChI is InChI=1S/C22H25NO4/c1-25-19-5-2-16(3-6-19)18-8-10-23(15-18)11-9-20(24)17-4-7-21-22(14-17)27-13-12-26-21/h2-7,14,18H,8-13,15H2,1H3. The van der Waals surface area contributed by atoms with Gasteiger partial charge in [0.2, 0.25) is 0 Å². The van der Waals surface area contributed by atoms with E-state index in [1.54, 1.807) is 13.2 Å². The first-order valence-electron chi connectivity index (χ1n) is 9.52. The van der Waals surface area contributed by atoms with Gasteiger partial charge in [0.15, 0.2) is 17.3 Å². The fourth-order valence-corrected chi connectivity index (χ4v) is 3.80. The van der Waals surface area contributed by atoms with Crippen LogP contribution in [0.3, 0.4) is 0 Å². The van der Waals surface area contributed by atoms with Crippen molar-refractivity contribution in [3.05, 3.63) is 53.6 Å². The molecule has 0 amide bonds. The molecule has 0 radical (unpaired) electrons. The highest BCUT2D eigenvalue weighted by Gasteiger charge is 2.24. The Morgan fingerprint density at radius 1 is 1.11 bits per heavy atom. The van der Waals surface area contributed by atoms with Crippen LogP contribution in [0, 0.1) is 0 Å². The van der Waals surface area contributed by atoms with Gasteiger partial charge in [-0.3, -0.25) is 4.79 Å². The largest absolute Gasteiger partial charge is 0.497 e. The first-order chi connectivity index (χ1) is 13.2. The summed E-state index contributed by atoms with van der Waals surface area (Å²) in [5, 5.41) is 0. The first-order valence-corrected chi connectivity index (χ1v) is 9.52. The molecule has 1 fully saturated rings. The highest BCUT2D eigenvalue weighted by Crippen LogP contribution is 2.32. The fourth-order valence-electron chi connectivity index (χ4n) is 3.80. The van der Waals surface area contributed by atoms with Crippen molar-refractivity contribution in [2.24, 2.45) is 0 Å². The van der Waals surface area contributed by atoms with Crippen molar-refractivity contribution in [3.63, 3.8) is 0 Å². The minimum atomic E-state index is 0.153. The van der Waals surface area contributed by atoms with Gasteiger partial charge in [-0.25, -0.2) is 0 Å². The van der Waals surface area contributed by atoms with E-state index in [-0.39, 0.29) is 5.78 Å². The number of ether oxygens (including phenoxy) is 3. The second kappa shape index (κ2) is 8.01. The molecule has 4 rings (SSSR count). The van der Waals surface area contributed by atoms with Crippen molar-refractivity contribution in [2.45, 2.75) is 18.8 Å². The van der Waals surface area contributed by atoms with E-state index < -0.39 is 0 Å². The zero-order valence-electron chi connectivity index (χ0n) is 15.6. The quantitative estimate of drug-likeness (QED) is 0.731. The summed E-state index contributed by atoms with van der Waals surface area (Å²) in [6.07, 6.45) is 1.65. The van der Waals surface area contributed by atoms with Crippen molar-refractivity contribution < 1.29 is 19.0 Å². The van der Waals surface area contributed by atoms with E-state index >= 15 is 0 Å². The Balaban J connectivity index is 1.30. The number of nitrogens with zero attached hydrogens (tertiary/aromatic N) is 1. The third-order valence-corrected chi connectivity index (χ3v) is 5.38. The second-order valence-corrected chi connectivity index (χ2v) is 7.09. The topological polar surface area (TPSA) is 48.0 Å². The third-order valence-electron chi connectivity index (χ3n) is 5.38. The molecule has 1 unspecified atom stereocenters. The number of hydrogen-bond donors (Lipinski definition) is 0. The summed E-state index contributed by atoms with van der Waals surface area (Å²) >= 11 is 0. The normalized spacial score (nSPS) is 19.1. The lowest BCUT2D eigenvalue weighted by molar-refractivity contribution is 0.0967. The van der Waals surface area contributed by atoms with Gasteiger partial charge in [0, 0.05) is 25.1 Å². The average Bonchev–Trinajstić information content (AvgIpc) is 3.21. The Morgan fingerprint density at radius 2 is 1.89 bits per heavy atom. The highest BCUT2D eigenvalue weighted by molar-refractivity contribution is 5.96. The van der Waals surface area contributed by atoms with E-state index in [0.717, 1.165) is 37.6 Å². The number of rotatable bonds is 6. The van der Waals surface area contributed by atoms with Gasteiger partial charge in [-0.05, 0) is 54.8 Å². The summed E-state index contributed by atoms with van der Waals surface area (Å²) in [5.41, 5.74) is 2.04. The molecule has 0 bridgehead atoms. The smallest absolute Gasteiger partial charge is 0.164 e. The summed E-state index contributed by atoms with van der Waals surface area (Å²) in [5.74, 6) is 2.96. The lowest BCUT2D eigenvalue weighted by atomic mass is 9.98. The van der Waals surface area contributed by atoms with Crippen LogP contribution in [0.4, 0.5) is 0 Å². The maximum absolute atomic E-state index is 12.6. The van der Waals surface area contributed by atoms with Crippen molar-refractivity contribution in [3.8, 4) is 17.2 Å². The number of hydrogen-bond acceptors (Lipinski definition) is 5. The molecule has 2 heterocycles. The van der Waals surface area contributed by atoms with E-state index in [1.807, 2.05) is 24.3 Å². The second-order valence-electron chi connectivity index (χ2n) is 7.09. The number of carbonyl (C=O) groups is 1. The molecule has 2 aliphatic rings. The number of benzene rings is 2. The molecular weight excluding hydrogens is 342 g/mol. The van der Waals surface area contributed by atoms with Crippen LogP contribution in [0.2, 0.25) is 0 Å². The van der Waals surface area contributed by atoms with Crippen LogP contribution in [0.1, 0.15) is 34.7 Å². The fraction of sp³-hybridized carbons (Fsp3) is 0.409. The molecule has 1 atom stereocenters.